The Labute approximate surface area is 165 Å². The molecule has 1 aliphatic rings. The fraction of sp³-hybridized carbons (Fsp3) is 0.208. The summed E-state index contributed by atoms with van der Waals surface area (Å²) in [5.41, 5.74) is 3.26. The van der Waals surface area contributed by atoms with Gasteiger partial charge in [0, 0.05) is 23.5 Å². The minimum atomic E-state index is -0.740. The van der Waals surface area contributed by atoms with Gasteiger partial charge in [-0.15, -0.1) is 0 Å². The van der Waals surface area contributed by atoms with Gasteiger partial charge in [-0.2, -0.15) is 0 Å². The van der Waals surface area contributed by atoms with Gasteiger partial charge in [-0.05, 0) is 61.4 Å². The molecule has 1 atom stereocenters. The number of benzene rings is 2. The highest BCUT2D eigenvalue weighted by atomic mass is 16.5. The third-order valence-corrected chi connectivity index (χ3v) is 4.69. The lowest BCUT2D eigenvalue weighted by molar-refractivity contribution is 0.158. The first-order chi connectivity index (χ1) is 13.5. The summed E-state index contributed by atoms with van der Waals surface area (Å²) < 4.78 is 11.8. The Bertz CT molecular complexity index is 996. The Balaban J connectivity index is 1.51. The standard InChI is InChI=1S/C24H23NO3/c1-24(2)11-10-18-13-20(8-9-22(18)28-24)23(26)19-6-3-7-21(14-19)27-16-17-5-4-12-25-15-17/h3-15,23,26H,16H2,1-2H3. The van der Waals surface area contributed by atoms with Gasteiger partial charge in [0.1, 0.15) is 29.8 Å². The maximum absolute atomic E-state index is 10.9. The van der Waals surface area contributed by atoms with E-state index in [-0.39, 0.29) is 5.60 Å². The van der Waals surface area contributed by atoms with Crippen LogP contribution in [0.2, 0.25) is 0 Å². The first kappa shape index (κ1) is 18.3. The molecule has 1 aromatic heterocycles. The van der Waals surface area contributed by atoms with Gasteiger partial charge in [-0.25, -0.2) is 0 Å². The van der Waals surface area contributed by atoms with Crippen LogP contribution in [0, 0.1) is 0 Å². The van der Waals surface area contributed by atoms with Crippen molar-refractivity contribution in [3.05, 3.63) is 95.3 Å². The van der Waals surface area contributed by atoms with Gasteiger partial charge in [0.15, 0.2) is 0 Å². The van der Waals surface area contributed by atoms with Gasteiger partial charge >= 0.3 is 0 Å². The third-order valence-electron chi connectivity index (χ3n) is 4.69. The zero-order valence-electron chi connectivity index (χ0n) is 16.0. The molecule has 0 spiro atoms. The molecule has 0 bridgehead atoms. The Hall–Kier alpha value is -3.11. The monoisotopic (exact) mass is 373 g/mol. The van der Waals surface area contributed by atoms with E-state index in [1.165, 1.54) is 0 Å². The number of aliphatic hydroxyl groups excluding tert-OH is 1. The predicted molar refractivity (Wildman–Crippen MR) is 109 cm³/mol. The molecule has 0 aliphatic carbocycles. The second-order valence-corrected chi connectivity index (χ2v) is 7.46. The first-order valence-corrected chi connectivity index (χ1v) is 9.32. The number of ether oxygens (including phenoxy) is 2. The average molecular weight is 373 g/mol. The molecular weight excluding hydrogens is 350 g/mol. The molecule has 0 amide bonds. The zero-order chi connectivity index (χ0) is 19.6. The molecule has 2 heterocycles. The highest BCUT2D eigenvalue weighted by Crippen LogP contribution is 2.34. The number of hydrogen-bond donors (Lipinski definition) is 1. The lowest BCUT2D eigenvalue weighted by atomic mass is 9.96. The number of nitrogens with zero attached hydrogens (tertiary/aromatic N) is 1. The normalized spacial score (nSPS) is 15.4. The molecule has 0 fully saturated rings. The number of pyridine rings is 1. The predicted octanol–water partition coefficient (Wildman–Crippen LogP) is 4.93. The summed E-state index contributed by atoms with van der Waals surface area (Å²) in [4.78, 5) is 4.09. The zero-order valence-corrected chi connectivity index (χ0v) is 16.0. The summed E-state index contributed by atoms with van der Waals surface area (Å²) in [6.07, 6.45) is 6.85. The Morgan fingerprint density at radius 3 is 2.75 bits per heavy atom. The Morgan fingerprint density at radius 2 is 1.93 bits per heavy atom. The van der Waals surface area contributed by atoms with E-state index in [1.807, 2.05) is 80.6 Å². The van der Waals surface area contributed by atoms with Gasteiger partial charge in [0.2, 0.25) is 0 Å². The van der Waals surface area contributed by atoms with Crippen LogP contribution in [-0.4, -0.2) is 15.7 Å². The molecule has 4 rings (SSSR count). The molecule has 0 saturated carbocycles. The van der Waals surface area contributed by atoms with E-state index in [0.717, 1.165) is 28.0 Å². The Morgan fingerprint density at radius 1 is 1.07 bits per heavy atom. The topological polar surface area (TPSA) is 51.6 Å². The lowest BCUT2D eigenvalue weighted by Gasteiger charge is -2.28. The second kappa shape index (κ2) is 7.49. The van der Waals surface area contributed by atoms with Gasteiger partial charge in [0.25, 0.3) is 0 Å². The van der Waals surface area contributed by atoms with Gasteiger partial charge in [0.05, 0.1) is 0 Å². The van der Waals surface area contributed by atoms with E-state index in [2.05, 4.69) is 4.98 Å². The number of hydrogen-bond acceptors (Lipinski definition) is 4. The summed E-state index contributed by atoms with van der Waals surface area (Å²) in [6.45, 7) is 4.47. The summed E-state index contributed by atoms with van der Waals surface area (Å²) in [7, 11) is 0. The number of aromatic nitrogens is 1. The largest absolute Gasteiger partial charge is 0.489 e. The van der Waals surface area contributed by atoms with Gasteiger partial charge in [-0.3, -0.25) is 4.98 Å². The molecule has 0 radical (unpaired) electrons. The van der Waals surface area contributed by atoms with Crippen LogP contribution in [0.4, 0.5) is 0 Å². The number of aliphatic hydroxyl groups is 1. The van der Waals surface area contributed by atoms with Crippen LogP contribution < -0.4 is 9.47 Å². The molecular formula is C24H23NO3. The lowest BCUT2D eigenvalue weighted by Crippen LogP contribution is -2.27. The van der Waals surface area contributed by atoms with E-state index >= 15 is 0 Å². The highest BCUT2D eigenvalue weighted by Gasteiger charge is 2.22. The van der Waals surface area contributed by atoms with Crippen LogP contribution in [0.25, 0.3) is 6.08 Å². The third kappa shape index (κ3) is 4.07. The van der Waals surface area contributed by atoms with Crippen LogP contribution in [0.1, 0.15) is 42.2 Å². The first-order valence-electron chi connectivity index (χ1n) is 9.32. The van der Waals surface area contributed by atoms with Crippen molar-refractivity contribution in [1.82, 2.24) is 4.98 Å². The van der Waals surface area contributed by atoms with Crippen LogP contribution in [0.5, 0.6) is 11.5 Å². The molecule has 0 saturated heterocycles. The van der Waals surface area contributed by atoms with E-state index in [0.29, 0.717) is 12.4 Å². The fourth-order valence-corrected chi connectivity index (χ4v) is 3.19. The smallest absolute Gasteiger partial charge is 0.127 e. The molecule has 1 N–H and O–H groups in total. The summed E-state index contributed by atoms with van der Waals surface area (Å²) in [5.74, 6) is 1.54. The summed E-state index contributed by atoms with van der Waals surface area (Å²) >= 11 is 0. The van der Waals surface area contributed by atoms with E-state index < -0.39 is 6.10 Å². The van der Waals surface area contributed by atoms with Crippen molar-refractivity contribution in [1.29, 1.82) is 0 Å². The van der Waals surface area contributed by atoms with E-state index in [9.17, 15) is 5.11 Å². The van der Waals surface area contributed by atoms with Gasteiger partial charge in [-0.1, -0.05) is 30.3 Å². The van der Waals surface area contributed by atoms with Crippen molar-refractivity contribution < 1.29 is 14.6 Å². The molecule has 1 unspecified atom stereocenters. The fourth-order valence-electron chi connectivity index (χ4n) is 3.19. The van der Waals surface area contributed by atoms with E-state index in [1.54, 1.807) is 12.4 Å². The molecule has 142 valence electrons. The van der Waals surface area contributed by atoms with Crippen molar-refractivity contribution in [3.8, 4) is 11.5 Å². The molecule has 1 aliphatic heterocycles. The summed E-state index contributed by atoms with van der Waals surface area (Å²) in [5, 5.41) is 10.9. The van der Waals surface area contributed by atoms with Crippen LogP contribution in [0.15, 0.2) is 73.1 Å². The SMILES string of the molecule is CC1(C)C=Cc2cc(C(O)c3cccc(OCc4cccnc4)c3)ccc2O1. The van der Waals surface area contributed by atoms with Crippen LogP contribution in [0.3, 0.4) is 0 Å². The minimum Gasteiger partial charge on any atom is -0.489 e. The number of rotatable bonds is 5. The highest BCUT2D eigenvalue weighted by molar-refractivity contribution is 5.62. The minimum absolute atomic E-state index is 0.312. The van der Waals surface area contributed by atoms with Crippen molar-refractivity contribution in [3.63, 3.8) is 0 Å². The van der Waals surface area contributed by atoms with Crippen molar-refractivity contribution in [2.45, 2.75) is 32.2 Å². The molecule has 3 aromatic rings. The van der Waals surface area contributed by atoms with E-state index in [4.69, 9.17) is 9.47 Å². The maximum Gasteiger partial charge on any atom is 0.127 e. The van der Waals surface area contributed by atoms with Crippen molar-refractivity contribution in [2.75, 3.05) is 0 Å². The van der Waals surface area contributed by atoms with Crippen LogP contribution >= 0.6 is 0 Å². The van der Waals surface area contributed by atoms with Crippen LogP contribution in [-0.2, 0) is 6.61 Å². The quantitative estimate of drug-likeness (QED) is 0.689. The Kier molecular flexibility index (Phi) is 4.88. The average Bonchev–Trinajstić information content (AvgIpc) is 2.72. The molecule has 2 aromatic carbocycles. The van der Waals surface area contributed by atoms with Gasteiger partial charge < -0.3 is 14.6 Å². The number of fused-ring (bicyclic) bond motifs is 1. The molecule has 4 heteroatoms. The van der Waals surface area contributed by atoms with Crippen molar-refractivity contribution >= 4 is 6.08 Å². The van der Waals surface area contributed by atoms with Crippen molar-refractivity contribution in [2.24, 2.45) is 0 Å². The summed E-state index contributed by atoms with van der Waals surface area (Å²) in [6, 6.07) is 17.2. The molecule has 28 heavy (non-hydrogen) atoms. The second-order valence-electron chi connectivity index (χ2n) is 7.46. The maximum atomic E-state index is 10.9. The molecule has 4 nitrogen and oxygen atoms in total.